The number of imide groups is 2. The van der Waals surface area contributed by atoms with Gasteiger partial charge in [0.25, 0.3) is 11.8 Å². The third-order valence-electron chi connectivity index (χ3n) is 4.99. The Morgan fingerprint density at radius 3 is 2.66 bits per heavy atom. The smallest absolute Gasteiger partial charge is 0.264 e. The molecule has 3 rings (SSSR count). The molecular formula is C19H22N4O6. The van der Waals surface area contributed by atoms with Crippen molar-refractivity contribution in [3.8, 4) is 0 Å². The number of carbonyl (C=O) groups excluding carboxylic acids is 5. The summed E-state index contributed by atoms with van der Waals surface area (Å²) in [5.74, 6) is -2.59. The average Bonchev–Trinajstić information content (AvgIpc) is 2.96. The molecule has 2 aliphatic rings. The van der Waals surface area contributed by atoms with Gasteiger partial charge in [-0.25, -0.2) is 5.48 Å². The van der Waals surface area contributed by atoms with E-state index >= 15 is 0 Å². The summed E-state index contributed by atoms with van der Waals surface area (Å²) in [6.45, 7) is 0.525. The van der Waals surface area contributed by atoms with E-state index in [1.165, 1.54) is 0 Å². The zero-order valence-electron chi connectivity index (χ0n) is 15.7. The Morgan fingerprint density at radius 1 is 1.14 bits per heavy atom. The lowest BCUT2D eigenvalue weighted by atomic mass is 10.0. The van der Waals surface area contributed by atoms with Crippen LogP contribution in [0.4, 0.5) is 5.69 Å². The van der Waals surface area contributed by atoms with Crippen molar-refractivity contribution in [2.24, 2.45) is 0 Å². The molecule has 2 aliphatic heterocycles. The standard InChI is InChI=1S/C19H22N4O6/c24-14-9-8-13(17(26)21-14)23-18(27)11-5-4-6-12(16(11)19(23)28)20-10-3-1-2-7-15(25)22-29/h4-6,13,20,29H,1-3,7-10H2,(H,22,25)(H,21,24,26). The average molecular weight is 402 g/mol. The maximum Gasteiger partial charge on any atom is 0.264 e. The van der Waals surface area contributed by atoms with Crippen LogP contribution in [0.1, 0.15) is 59.2 Å². The van der Waals surface area contributed by atoms with Crippen LogP contribution in [0, 0.1) is 0 Å². The van der Waals surface area contributed by atoms with Crippen LogP contribution in [0.15, 0.2) is 18.2 Å². The fraction of sp³-hybridized carbons (Fsp3) is 0.421. The molecule has 0 aliphatic carbocycles. The first kappa shape index (κ1) is 20.5. The molecule has 5 amide bonds. The molecule has 29 heavy (non-hydrogen) atoms. The number of anilines is 1. The maximum atomic E-state index is 12.9. The van der Waals surface area contributed by atoms with Gasteiger partial charge >= 0.3 is 0 Å². The molecule has 2 heterocycles. The first-order valence-electron chi connectivity index (χ1n) is 9.45. The second kappa shape index (κ2) is 8.82. The molecule has 1 unspecified atom stereocenters. The molecule has 1 aromatic carbocycles. The minimum atomic E-state index is -0.995. The highest BCUT2D eigenvalue weighted by Crippen LogP contribution is 2.32. The Kier molecular flexibility index (Phi) is 6.23. The van der Waals surface area contributed by atoms with E-state index in [-0.39, 0.29) is 30.4 Å². The Morgan fingerprint density at radius 2 is 1.93 bits per heavy atom. The predicted octanol–water partition coefficient (Wildman–Crippen LogP) is 0.566. The van der Waals surface area contributed by atoms with Crippen LogP contribution in [0.3, 0.4) is 0 Å². The monoisotopic (exact) mass is 402 g/mol. The van der Waals surface area contributed by atoms with Gasteiger partial charge in [0.15, 0.2) is 0 Å². The van der Waals surface area contributed by atoms with E-state index in [1.54, 1.807) is 23.7 Å². The van der Waals surface area contributed by atoms with Gasteiger partial charge in [-0.15, -0.1) is 0 Å². The van der Waals surface area contributed by atoms with Crippen LogP contribution in [0.25, 0.3) is 0 Å². The van der Waals surface area contributed by atoms with E-state index in [0.29, 0.717) is 18.7 Å². The van der Waals surface area contributed by atoms with Crippen molar-refractivity contribution in [2.45, 2.75) is 44.6 Å². The summed E-state index contributed by atoms with van der Waals surface area (Å²) in [6, 6.07) is 3.90. The Balaban J connectivity index is 1.65. The van der Waals surface area contributed by atoms with Gasteiger partial charge in [0.2, 0.25) is 17.7 Å². The number of carbonyl (C=O) groups is 5. The zero-order valence-corrected chi connectivity index (χ0v) is 15.7. The number of unbranched alkanes of at least 4 members (excludes halogenated alkanes) is 2. The number of hydrogen-bond donors (Lipinski definition) is 4. The third-order valence-corrected chi connectivity index (χ3v) is 4.99. The van der Waals surface area contributed by atoms with Crippen LogP contribution in [0.5, 0.6) is 0 Å². The second-order valence-corrected chi connectivity index (χ2v) is 6.95. The molecule has 0 aromatic heterocycles. The summed E-state index contributed by atoms with van der Waals surface area (Å²) in [5, 5.41) is 13.8. The van der Waals surface area contributed by atoms with Crippen molar-refractivity contribution in [1.29, 1.82) is 0 Å². The van der Waals surface area contributed by atoms with E-state index in [2.05, 4.69) is 10.6 Å². The normalized spacial score (nSPS) is 18.5. The molecule has 4 N–H and O–H groups in total. The minimum absolute atomic E-state index is 0.0726. The summed E-state index contributed by atoms with van der Waals surface area (Å²) in [4.78, 5) is 61.1. The lowest BCUT2D eigenvalue weighted by molar-refractivity contribution is -0.136. The Bertz CT molecular complexity index is 868. The molecule has 1 saturated heterocycles. The fourth-order valence-electron chi connectivity index (χ4n) is 3.53. The number of amides is 5. The highest BCUT2D eigenvalue weighted by molar-refractivity contribution is 6.25. The van der Waals surface area contributed by atoms with Crippen LogP contribution >= 0.6 is 0 Å². The number of benzene rings is 1. The molecule has 154 valence electrons. The van der Waals surface area contributed by atoms with E-state index in [4.69, 9.17) is 5.21 Å². The molecule has 1 atom stereocenters. The summed E-state index contributed by atoms with van der Waals surface area (Å²) in [6.07, 6.45) is 2.49. The van der Waals surface area contributed by atoms with E-state index < -0.39 is 35.6 Å². The largest absolute Gasteiger partial charge is 0.384 e. The molecule has 0 bridgehead atoms. The van der Waals surface area contributed by atoms with Crippen molar-refractivity contribution < 1.29 is 29.2 Å². The number of piperidine rings is 1. The van der Waals surface area contributed by atoms with Crippen molar-refractivity contribution in [3.63, 3.8) is 0 Å². The summed E-state index contributed by atoms with van der Waals surface area (Å²) < 4.78 is 0. The molecule has 0 spiro atoms. The topological polar surface area (TPSA) is 145 Å². The van der Waals surface area contributed by atoms with Crippen molar-refractivity contribution >= 4 is 35.2 Å². The van der Waals surface area contributed by atoms with Crippen LogP contribution in [-0.2, 0) is 14.4 Å². The van der Waals surface area contributed by atoms with Crippen LogP contribution in [-0.4, -0.2) is 52.2 Å². The first-order chi connectivity index (χ1) is 13.9. The molecule has 0 radical (unpaired) electrons. The minimum Gasteiger partial charge on any atom is -0.384 e. The van der Waals surface area contributed by atoms with Gasteiger partial charge in [-0.05, 0) is 31.4 Å². The quantitative estimate of drug-likeness (QED) is 0.215. The van der Waals surface area contributed by atoms with Gasteiger partial charge in [0, 0.05) is 25.1 Å². The van der Waals surface area contributed by atoms with E-state index in [1.807, 2.05) is 0 Å². The summed E-state index contributed by atoms with van der Waals surface area (Å²) in [7, 11) is 0. The van der Waals surface area contributed by atoms with Gasteiger partial charge in [0.1, 0.15) is 6.04 Å². The Labute approximate surface area is 166 Å². The Hall–Kier alpha value is -3.27. The zero-order chi connectivity index (χ0) is 21.0. The molecular weight excluding hydrogens is 380 g/mol. The van der Waals surface area contributed by atoms with Crippen molar-refractivity contribution in [3.05, 3.63) is 29.3 Å². The van der Waals surface area contributed by atoms with Crippen molar-refractivity contribution in [1.82, 2.24) is 15.7 Å². The maximum absolute atomic E-state index is 12.9. The molecule has 1 fully saturated rings. The fourth-order valence-corrected chi connectivity index (χ4v) is 3.53. The lowest BCUT2D eigenvalue weighted by Gasteiger charge is -2.27. The first-order valence-corrected chi connectivity index (χ1v) is 9.45. The van der Waals surface area contributed by atoms with E-state index in [0.717, 1.165) is 17.7 Å². The van der Waals surface area contributed by atoms with Crippen LogP contribution in [0.2, 0.25) is 0 Å². The van der Waals surface area contributed by atoms with Gasteiger partial charge in [-0.2, -0.15) is 0 Å². The number of hydrogen-bond acceptors (Lipinski definition) is 7. The summed E-state index contributed by atoms with van der Waals surface area (Å²) in [5.41, 5.74) is 2.53. The number of fused-ring (bicyclic) bond motifs is 1. The highest BCUT2D eigenvalue weighted by Gasteiger charge is 2.45. The number of hydroxylamine groups is 1. The molecule has 1 aromatic rings. The number of rotatable bonds is 8. The van der Waals surface area contributed by atoms with Gasteiger partial charge in [-0.1, -0.05) is 12.5 Å². The van der Waals surface area contributed by atoms with Gasteiger partial charge in [-0.3, -0.25) is 39.4 Å². The highest BCUT2D eigenvalue weighted by atomic mass is 16.5. The predicted molar refractivity (Wildman–Crippen MR) is 100 cm³/mol. The van der Waals surface area contributed by atoms with E-state index in [9.17, 15) is 24.0 Å². The third kappa shape index (κ3) is 4.27. The van der Waals surface area contributed by atoms with Gasteiger partial charge in [0.05, 0.1) is 11.1 Å². The molecule has 0 saturated carbocycles. The lowest BCUT2D eigenvalue weighted by Crippen LogP contribution is -2.54. The molecule has 10 nitrogen and oxygen atoms in total. The SMILES string of the molecule is O=C(CCCCCNc1cccc2c1C(=O)N(C1CCC(=O)NC1=O)C2=O)NO. The summed E-state index contributed by atoms with van der Waals surface area (Å²) >= 11 is 0. The van der Waals surface area contributed by atoms with Gasteiger partial charge < -0.3 is 5.32 Å². The number of nitrogens with one attached hydrogen (secondary N) is 3. The second-order valence-electron chi connectivity index (χ2n) is 6.95. The van der Waals surface area contributed by atoms with Crippen molar-refractivity contribution in [2.75, 3.05) is 11.9 Å². The molecule has 10 heteroatoms. The van der Waals surface area contributed by atoms with Crippen LogP contribution < -0.4 is 16.1 Å². The number of nitrogens with zero attached hydrogens (tertiary/aromatic N) is 1.